The van der Waals surface area contributed by atoms with Gasteiger partial charge in [-0.1, -0.05) is 18.2 Å². The Morgan fingerprint density at radius 2 is 2.35 bits per heavy atom. The lowest BCUT2D eigenvalue weighted by Crippen LogP contribution is -2.23. The number of anilines is 1. The number of hydrogen-bond acceptors (Lipinski definition) is 4. The molecule has 0 fully saturated rings. The van der Waals surface area contributed by atoms with Crippen LogP contribution in [0.3, 0.4) is 0 Å². The van der Waals surface area contributed by atoms with Crippen LogP contribution in [-0.4, -0.2) is 33.8 Å². The third-order valence-corrected chi connectivity index (χ3v) is 2.20. The molecule has 0 spiro atoms. The minimum absolute atomic E-state index is 0.0160. The molecule has 92 valence electrons. The highest BCUT2D eigenvalue weighted by Gasteiger charge is 2.08. The number of carboxylic acid groups (broad SMARTS) is 1. The van der Waals surface area contributed by atoms with Crippen LogP contribution in [0.5, 0.6) is 0 Å². The number of hydrogen-bond donors (Lipinski definition) is 3. The highest BCUT2D eigenvalue weighted by Crippen LogP contribution is 2.08. The van der Waals surface area contributed by atoms with Gasteiger partial charge in [0, 0.05) is 0 Å². The molecule has 1 rings (SSSR count). The van der Waals surface area contributed by atoms with Gasteiger partial charge in [-0.25, -0.2) is 9.78 Å². The van der Waals surface area contributed by atoms with Gasteiger partial charge >= 0.3 is 5.97 Å². The Kier molecular flexibility index (Phi) is 5.16. The molecule has 0 amide bonds. The van der Waals surface area contributed by atoms with Crippen LogP contribution in [0, 0.1) is 0 Å². The predicted octanol–water partition coefficient (Wildman–Crippen LogP) is 1.52. The summed E-state index contributed by atoms with van der Waals surface area (Å²) in [5.74, 6) is -0.615. The Bertz CT molecular complexity index is 404. The fraction of sp³-hybridized carbons (Fsp3) is 0.333. The molecule has 1 unspecified atom stereocenters. The minimum atomic E-state index is -1.07. The van der Waals surface area contributed by atoms with E-state index in [0.29, 0.717) is 12.2 Å². The van der Waals surface area contributed by atoms with Gasteiger partial charge in [-0.3, -0.25) is 0 Å². The third-order valence-electron chi connectivity index (χ3n) is 2.20. The van der Waals surface area contributed by atoms with Crippen molar-refractivity contribution < 1.29 is 15.0 Å². The van der Waals surface area contributed by atoms with E-state index < -0.39 is 5.97 Å². The second-order valence-corrected chi connectivity index (χ2v) is 3.54. The Hall–Kier alpha value is -1.88. The largest absolute Gasteiger partial charge is 0.477 e. The van der Waals surface area contributed by atoms with Crippen LogP contribution < -0.4 is 5.32 Å². The standard InChI is InChI=1S/C12H16N2O3/c1-2-3-5-9(8-15)13-11-7-4-6-10(14-11)12(16)17/h2-4,6-7,9,15H,5,8H2,1H3,(H,13,14)(H,16,17)/b3-2+. The van der Waals surface area contributed by atoms with E-state index in [0.717, 1.165) is 0 Å². The second kappa shape index (κ2) is 6.65. The maximum atomic E-state index is 10.7. The number of aromatic carboxylic acids is 1. The average molecular weight is 236 g/mol. The summed E-state index contributed by atoms with van der Waals surface area (Å²) >= 11 is 0. The monoisotopic (exact) mass is 236 g/mol. The smallest absolute Gasteiger partial charge is 0.354 e. The molecular formula is C12H16N2O3. The van der Waals surface area contributed by atoms with Gasteiger partial charge in [0.15, 0.2) is 5.69 Å². The maximum absolute atomic E-state index is 10.7. The van der Waals surface area contributed by atoms with Crippen LogP contribution in [0.4, 0.5) is 5.82 Å². The number of pyridine rings is 1. The summed E-state index contributed by atoms with van der Waals surface area (Å²) in [5.41, 5.74) is -0.0160. The normalized spacial score (nSPS) is 12.6. The molecule has 0 aromatic carbocycles. The molecule has 17 heavy (non-hydrogen) atoms. The molecule has 1 heterocycles. The van der Waals surface area contributed by atoms with Crippen molar-refractivity contribution in [2.45, 2.75) is 19.4 Å². The van der Waals surface area contributed by atoms with Gasteiger partial charge < -0.3 is 15.5 Å². The Balaban J connectivity index is 2.72. The van der Waals surface area contributed by atoms with Gasteiger partial charge in [-0.05, 0) is 25.5 Å². The molecule has 3 N–H and O–H groups in total. The molecule has 5 heteroatoms. The molecule has 0 bridgehead atoms. The van der Waals surface area contributed by atoms with E-state index in [4.69, 9.17) is 10.2 Å². The second-order valence-electron chi connectivity index (χ2n) is 3.54. The van der Waals surface area contributed by atoms with E-state index in [1.807, 2.05) is 19.1 Å². The molecule has 0 aliphatic rings. The number of aliphatic hydroxyl groups excluding tert-OH is 1. The van der Waals surface area contributed by atoms with Gasteiger partial charge in [0.25, 0.3) is 0 Å². The zero-order chi connectivity index (χ0) is 12.7. The number of allylic oxidation sites excluding steroid dienone is 1. The molecule has 0 aliphatic carbocycles. The molecular weight excluding hydrogens is 220 g/mol. The molecule has 1 aromatic heterocycles. The fourth-order valence-corrected chi connectivity index (χ4v) is 1.32. The summed E-state index contributed by atoms with van der Waals surface area (Å²) in [6.45, 7) is 1.86. The Morgan fingerprint density at radius 1 is 1.59 bits per heavy atom. The highest BCUT2D eigenvalue weighted by molar-refractivity contribution is 5.85. The van der Waals surface area contributed by atoms with Crippen molar-refractivity contribution in [1.82, 2.24) is 4.98 Å². The number of nitrogens with one attached hydrogen (secondary N) is 1. The molecule has 1 atom stereocenters. The van der Waals surface area contributed by atoms with Crippen LogP contribution in [0.1, 0.15) is 23.8 Å². The Labute approximate surface area is 99.8 Å². The quantitative estimate of drug-likeness (QED) is 0.652. The summed E-state index contributed by atoms with van der Waals surface area (Å²) < 4.78 is 0. The van der Waals surface area contributed by atoms with Gasteiger partial charge in [-0.15, -0.1) is 0 Å². The van der Waals surface area contributed by atoms with E-state index in [-0.39, 0.29) is 18.3 Å². The number of aromatic nitrogens is 1. The summed E-state index contributed by atoms with van der Waals surface area (Å²) in [6, 6.07) is 4.55. The first kappa shape index (κ1) is 13.2. The van der Waals surface area contributed by atoms with E-state index in [2.05, 4.69) is 10.3 Å². The minimum Gasteiger partial charge on any atom is -0.477 e. The maximum Gasteiger partial charge on any atom is 0.354 e. The van der Waals surface area contributed by atoms with E-state index in [1.54, 1.807) is 12.1 Å². The van der Waals surface area contributed by atoms with Crippen molar-refractivity contribution in [1.29, 1.82) is 0 Å². The number of carboxylic acids is 1. The predicted molar refractivity (Wildman–Crippen MR) is 65.1 cm³/mol. The summed E-state index contributed by atoms with van der Waals surface area (Å²) in [6.07, 6.45) is 4.48. The van der Waals surface area contributed by atoms with Crippen molar-refractivity contribution in [2.75, 3.05) is 11.9 Å². The first-order valence-corrected chi connectivity index (χ1v) is 5.36. The average Bonchev–Trinajstić information content (AvgIpc) is 2.34. The van der Waals surface area contributed by atoms with Crippen molar-refractivity contribution in [3.05, 3.63) is 36.0 Å². The molecule has 5 nitrogen and oxygen atoms in total. The van der Waals surface area contributed by atoms with Crippen LogP contribution in [-0.2, 0) is 0 Å². The van der Waals surface area contributed by atoms with Crippen LogP contribution in [0.2, 0.25) is 0 Å². The van der Waals surface area contributed by atoms with Crippen molar-refractivity contribution >= 4 is 11.8 Å². The zero-order valence-corrected chi connectivity index (χ0v) is 9.63. The van der Waals surface area contributed by atoms with E-state index in [1.165, 1.54) is 6.07 Å². The topological polar surface area (TPSA) is 82.5 Å². The first-order valence-electron chi connectivity index (χ1n) is 5.36. The molecule has 0 saturated carbocycles. The van der Waals surface area contributed by atoms with Gasteiger partial charge in [0.05, 0.1) is 12.6 Å². The summed E-state index contributed by atoms with van der Waals surface area (Å²) in [5, 5.41) is 20.9. The van der Waals surface area contributed by atoms with E-state index >= 15 is 0 Å². The lowest BCUT2D eigenvalue weighted by molar-refractivity contribution is 0.0690. The SMILES string of the molecule is C/C=C/CC(CO)Nc1cccc(C(=O)O)n1. The van der Waals surface area contributed by atoms with Crippen LogP contribution in [0.15, 0.2) is 30.4 Å². The number of carbonyl (C=O) groups is 1. The van der Waals surface area contributed by atoms with Crippen LogP contribution in [0.25, 0.3) is 0 Å². The molecule has 1 aromatic rings. The van der Waals surface area contributed by atoms with Crippen LogP contribution >= 0.6 is 0 Å². The Morgan fingerprint density at radius 3 is 2.94 bits per heavy atom. The van der Waals surface area contributed by atoms with Crippen molar-refractivity contribution in [3.63, 3.8) is 0 Å². The molecule has 0 aliphatic heterocycles. The molecule has 0 saturated heterocycles. The van der Waals surface area contributed by atoms with Gasteiger partial charge in [0.1, 0.15) is 5.82 Å². The van der Waals surface area contributed by atoms with Gasteiger partial charge in [0.2, 0.25) is 0 Å². The zero-order valence-electron chi connectivity index (χ0n) is 9.63. The number of nitrogens with zero attached hydrogens (tertiary/aromatic N) is 1. The van der Waals surface area contributed by atoms with Gasteiger partial charge in [-0.2, -0.15) is 0 Å². The third kappa shape index (κ3) is 4.24. The fourth-order valence-electron chi connectivity index (χ4n) is 1.32. The number of rotatable bonds is 6. The summed E-state index contributed by atoms with van der Waals surface area (Å²) in [7, 11) is 0. The highest BCUT2D eigenvalue weighted by atomic mass is 16.4. The summed E-state index contributed by atoms with van der Waals surface area (Å²) in [4.78, 5) is 14.7. The lowest BCUT2D eigenvalue weighted by Gasteiger charge is -2.15. The van der Waals surface area contributed by atoms with E-state index in [9.17, 15) is 4.79 Å². The lowest BCUT2D eigenvalue weighted by atomic mass is 10.2. The van der Waals surface area contributed by atoms with Crippen molar-refractivity contribution in [3.8, 4) is 0 Å². The molecule has 0 radical (unpaired) electrons. The van der Waals surface area contributed by atoms with Crippen molar-refractivity contribution in [2.24, 2.45) is 0 Å². The number of aliphatic hydroxyl groups is 1. The first-order chi connectivity index (χ1) is 8.17.